The van der Waals surface area contributed by atoms with Crippen molar-refractivity contribution in [3.8, 4) is 5.75 Å². The number of anilines is 1. The minimum atomic E-state index is -3.66. The van der Waals surface area contributed by atoms with Gasteiger partial charge in [0, 0.05) is 28.5 Å². The van der Waals surface area contributed by atoms with Gasteiger partial charge in [-0.2, -0.15) is 0 Å². The maximum Gasteiger partial charge on any atom is 0.240 e. The lowest BCUT2D eigenvalue weighted by molar-refractivity contribution is -0.116. The van der Waals surface area contributed by atoms with E-state index in [4.69, 9.17) is 16.3 Å². The van der Waals surface area contributed by atoms with Crippen molar-refractivity contribution in [2.45, 2.75) is 18.2 Å². The average molecular weight is 462 g/mol. The number of carbonyl (C=O) groups is 1. The molecule has 2 N–H and O–H groups in total. The van der Waals surface area contributed by atoms with Crippen molar-refractivity contribution in [1.82, 2.24) is 4.72 Å². The number of nitrogens with one attached hydrogen (secondary N) is 2. The van der Waals surface area contributed by atoms with Gasteiger partial charge in [0.2, 0.25) is 15.9 Å². The van der Waals surface area contributed by atoms with Crippen molar-refractivity contribution >= 4 is 49.1 Å². The first kappa shape index (κ1) is 20.7. The fraction of sp³-hybridized carbons (Fsp3) is 0.235. The van der Waals surface area contributed by atoms with Gasteiger partial charge in [0.25, 0.3) is 0 Å². The highest BCUT2D eigenvalue weighted by Crippen LogP contribution is 2.30. The molecule has 2 aromatic rings. The van der Waals surface area contributed by atoms with Gasteiger partial charge >= 0.3 is 0 Å². The summed E-state index contributed by atoms with van der Waals surface area (Å²) >= 11 is 9.28. The zero-order chi connectivity index (χ0) is 19.3. The highest BCUT2D eigenvalue weighted by atomic mass is 79.9. The number of methoxy groups -OCH3 is 1. The Balaban J connectivity index is 1.95. The molecule has 6 nitrogen and oxygen atoms in total. The van der Waals surface area contributed by atoms with Crippen LogP contribution in [0.5, 0.6) is 5.75 Å². The maximum absolute atomic E-state index is 12.2. The van der Waals surface area contributed by atoms with Crippen molar-refractivity contribution in [3.05, 3.63) is 51.5 Å². The third-order valence-electron chi connectivity index (χ3n) is 3.52. The number of rotatable bonds is 7. The summed E-state index contributed by atoms with van der Waals surface area (Å²) in [7, 11) is -2.19. The Morgan fingerprint density at radius 1 is 1.23 bits per heavy atom. The molecule has 0 fully saturated rings. The normalized spacial score (nSPS) is 11.2. The molecule has 0 heterocycles. The van der Waals surface area contributed by atoms with E-state index in [2.05, 4.69) is 26.0 Å². The predicted molar refractivity (Wildman–Crippen MR) is 105 cm³/mol. The first-order valence-electron chi connectivity index (χ1n) is 7.62. The number of ether oxygens (including phenoxy) is 1. The SMILES string of the molecule is COc1cc(Cl)c(C)cc1NC(=O)CCNS(=O)(=O)c1ccc(Br)cc1. The molecule has 0 aliphatic rings. The smallest absolute Gasteiger partial charge is 0.240 e. The Morgan fingerprint density at radius 2 is 1.88 bits per heavy atom. The van der Waals surface area contributed by atoms with E-state index in [0.29, 0.717) is 16.5 Å². The lowest BCUT2D eigenvalue weighted by Gasteiger charge is -2.12. The van der Waals surface area contributed by atoms with Crippen molar-refractivity contribution < 1.29 is 17.9 Å². The van der Waals surface area contributed by atoms with Crippen LogP contribution in [0.15, 0.2) is 45.8 Å². The lowest BCUT2D eigenvalue weighted by Crippen LogP contribution is -2.27. The van der Waals surface area contributed by atoms with Crippen LogP contribution < -0.4 is 14.8 Å². The van der Waals surface area contributed by atoms with Gasteiger partial charge in [-0.15, -0.1) is 0 Å². The number of halogens is 2. The van der Waals surface area contributed by atoms with E-state index in [-0.39, 0.29) is 23.8 Å². The molecule has 0 saturated heterocycles. The molecular formula is C17H18BrClN2O4S. The second kappa shape index (κ2) is 8.85. The Labute approximate surface area is 166 Å². The van der Waals surface area contributed by atoms with Gasteiger partial charge in [0.15, 0.2) is 0 Å². The minimum absolute atomic E-state index is 0.0272. The van der Waals surface area contributed by atoms with Crippen LogP contribution in [0.4, 0.5) is 5.69 Å². The van der Waals surface area contributed by atoms with Gasteiger partial charge in [0.1, 0.15) is 5.75 Å². The van der Waals surface area contributed by atoms with Crippen molar-refractivity contribution in [1.29, 1.82) is 0 Å². The summed E-state index contributed by atoms with van der Waals surface area (Å²) in [5.74, 6) is 0.0907. The molecule has 9 heteroatoms. The summed E-state index contributed by atoms with van der Waals surface area (Å²) < 4.78 is 32.7. The van der Waals surface area contributed by atoms with Gasteiger partial charge in [-0.1, -0.05) is 27.5 Å². The lowest BCUT2D eigenvalue weighted by atomic mass is 10.2. The summed E-state index contributed by atoms with van der Waals surface area (Å²) in [6.07, 6.45) is -0.0272. The zero-order valence-electron chi connectivity index (χ0n) is 14.2. The number of amides is 1. The second-order valence-electron chi connectivity index (χ2n) is 5.45. The van der Waals surface area contributed by atoms with Crippen LogP contribution in [-0.2, 0) is 14.8 Å². The molecular weight excluding hydrogens is 444 g/mol. The zero-order valence-corrected chi connectivity index (χ0v) is 17.3. The molecule has 2 aromatic carbocycles. The highest BCUT2D eigenvalue weighted by molar-refractivity contribution is 9.10. The van der Waals surface area contributed by atoms with Crippen LogP contribution >= 0.6 is 27.5 Å². The van der Waals surface area contributed by atoms with Gasteiger partial charge < -0.3 is 10.1 Å². The fourth-order valence-corrected chi connectivity index (χ4v) is 3.59. The Morgan fingerprint density at radius 3 is 2.50 bits per heavy atom. The van der Waals surface area contributed by atoms with E-state index in [1.165, 1.54) is 19.2 Å². The van der Waals surface area contributed by atoms with E-state index in [1.807, 2.05) is 6.92 Å². The predicted octanol–water partition coefficient (Wildman–Crippen LogP) is 3.73. The second-order valence-corrected chi connectivity index (χ2v) is 8.54. The number of carbonyl (C=O) groups excluding carboxylic acids is 1. The first-order valence-corrected chi connectivity index (χ1v) is 10.3. The molecule has 2 rings (SSSR count). The van der Waals surface area contributed by atoms with Crippen LogP contribution in [-0.4, -0.2) is 28.0 Å². The summed E-state index contributed by atoms with van der Waals surface area (Å²) in [5, 5.41) is 3.23. The third kappa shape index (κ3) is 5.44. The number of benzene rings is 2. The average Bonchev–Trinajstić information content (AvgIpc) is 2.58. The number of hydrogen-bond donors (Lipinski definition) is 2. The molecule has 0 spiro atoms. The fourth-order valence-electron chi connectivity index (χ4n) is 2.14. The van der Waals surface area contributed by atoms with Crippen LogP contribution in [0, 0.1) is 6.92 Å². The molecule has 0 unspecified atom stereocenters. The van der Waals surface area contributed by atoms with E-state index in [1.54, 1.807) is 24.3 Å². The van der Waals surface area contributed by atoms with Crippen molar-refractivity contribution in [3.63, 3.8) is 0 Å². The Kier molecular flexibility index (Phi) is 7.05. The van der Waals surface area contributed by atoms with Gasteiger partial charge in [-0.05, 0) is 42.8 Å². The molecule has 0 radical (unpaired) electrons. The van der Waals surface area contributed by atoms with Gasteiger partial charge in [0.05, 0.1) is 17.7 Å². The topological polar surface area (TPSA) is 84.5 Å². The summed E-state index contributed by atoms with van der Waals surface area (Å²) in [6, 6.07) is 9.54. The first-order chi connectivity index (χ1) is 12.2. The van der Waals surface area contributed by atoms with Crippen LogP contribution in [0.1, 0.15) is 12.0 Å². The molecule has 0 aromatic heterocycles. The molecule has 26 heavy (non-hydrogen) atoms. The molecule has 1 amide bonds. The Hall–Kier alpha value is -1.61. The molecule has 0 saturated carbocycles. The van der Waals surface area contributed by atoms with Crippen LogP contribution in [0.25, 0.3) is 0 Å². The minimum Gasteiger partial charge on any atom is -0.495 e. The number of sulfonamides is 1. The molecule has 0 atom stereocenters. The molecule has 0 aliphatic heterocycles. The van der Waals surface area contributed by atoms with Gasteiger partial charge in [-0.3, -0.25) is 4.79 Å². The van der Waals surface area contributed by atoms with Crippen LogP contribution in [0.2, 0.25) is 5.02 Å². The quantitative estimate of drug-likeness (QED) is 0.658. The molecule has 140 valence electrons. The van der Waals surface area contributed by atoms with E-state index in [9.17, 15) is 13.2 Å². The van der Waals surface area contributed by atoms with E-state index in [0.717, 1.165) is 10.0 Å². The monoisotopic (exact) mass is 460 g/mol. The molecule has 0 aliphatic carbocycles. The summed E-state index contributed by atoms with van der Waals surface area (Å²) in [4.78, 5) is 12.2. The van der Waals surface area contributed by atoms with E-state index >= 15 is 0 Å². The van der Waals surface area contributed by atoms with Crippen molar-refractivity contribution in [2.24, 2.45) is 0 Å². The summed E-state index contributed by atoms with van der Waals surface area (Å²) in [5.41, 5.74) is 1.27. The van der Waals surface area contributed by atoms with E-state index < -0.39 is 10.0 Å². The standard InChI is InChI=1S/C17H18BrClN2O4S/c1-11-9-15(16(25-2)10-14(11)19)21-17(22)7-8-20-26(23,24)13-5-3-12(18)4-6-13/h3-6,9-10,20H,7-8H2,1-2H3,(H,21,22). The maximum atomic E-state index is 12.2. The van der Waals surface area contributed by atoms with Crippen molar-refractivity contribution in [2.75, 3.05) is 19.0 Å². The molecule has 0 bridgehead atoms. The highest BCUT2D eigenvalue weighted by Gasteiger charge is 2.15. The van der Waals surface area contributed by atoms with Gasteiger partial charge in [-0.25, -0.2) is 13.1 Å². The third-order valence-corrected chi connectivity index (χ3v) is 5.94. The summed E-state index contributed by atoms with van der Waals surface area (Å²) in [6.45, 7) is 1.78. The van der Waals surface area contributed by atoms with Crippen LogP contribution in [0.3, 0.4) is 0 Å². The number of aryl methyl sites for hydroxylation is 1. The largest absolute Gasteiger partial charge is 0.495 e. The number of hydrogen-bond acceptors (Lipinski definition) is 4. The Bertz CT molecular complexity index is 902.